The SMILES string of the molecule is O=C(Oc1ccccn1)c1ccc(-c2ccccc2Cl)o1. The molecule has 0 spiro atoms. The molecule has 0 unspecified atom stereocenters. The average molecular weight is 300 g/mol. The van der Waals surface area contributed by atoms with Crippen molar-refractivity contribution in [2.75, 3.05) is 0 Å². The van der Waals surface area contributed by atoms with Crippen LogP contribution in [0.5, 0.6) is 5.88 Å². The number of carbonyl (C=O) groups is 1. The first-order valence-electron chi connectivity index (χ1n) is 6.22. The van der Waals surface area contributed by atoms with Gasteiger partial charge in [-0.05, 0) is 30.3 Å². The van der Waals surface area contributed by atoms with E-state index >= 15 is 0 Å². The van der Waals surface area contributed by atoms with Crippen LogP contribution in [-0.4, -0.2) is 11.0 Å². The zero-order valence-corrected chi connectivity index (χ0v) is 11.6. The molecule has 5 heteroatoms. The lowest BCUT2D eigenvalue weighted by atomic mass is 10.2. The van der Waals surface area contributed by atoms with Crippen LogP contribution < -0.4 is 4.74 Å². The first-order valence-corrected chi connectivity index (χ1v) is 6.60. The average Bonchev–Trinajstić information content (AvgIpc) is 2.98. The molecule has 0 bridgehead atoms. The minimum absolute atomic E-state index is 0.0931. The number of esters is 1. The molecule has 21 heavy (non-hydrogen) atoms. The van der Waals surface area contributed by atoms with Crippen molar-refractivity contribution in [3.8, 4) is 17.2 Å². The summed E-state index contributed by atoms with van der Waals surface area (Å²) in [6, 6.07) is 15.5. The summed E-state index contributed by atoms with van der Waals surface area (Å²) in [5, 5.41) is 0.552. The summed E-state index contributed by atoms with van der Waals surface area (Å²) in [7, 11) is 0. The second kappa shape index (κ2) is 5.81. The van der Waals surface area contributed by atoms with Crippen LogP contribution in [0, 0.1) is 0 Å². The number of rotatable bonds is 3. The molecule has 0 aliphatic rings. The second-order valence-corrected chi connectivity index (χ2v) is 4.61. The molecule has 2 heterocycles. The quantitative estimate of drug-likeness (QED) is 0.680. The highest BCUT2D eigenvalue weighted by molar-refractivity contribution is 6.33. The fraction of sp³-hybridized carbons (Fsp3) is 0. The summed E-state index contributed by atoms with van der Waals surface area (Å²) in [6.07, 6.45) is 1.54. The Hall–Kier alpha value is -2.59. The first-order chi connectivity index (χ1) is 10.2. The summed E-state index contributed by atoms with van der Waals surface area (Å²) in [6.45, 7) is 0. The van der Waals surface area contributed by atoms with Gasteiger partial charge in [-0.25, -0.2) is 9.78 Å². The van der Waals surface area contributed by atoms with Gasteiger partial charge in [-0.3, -0.25) is 0 Å². The van der Waals surface area contributed by atoms with Crippen molar-refractivity contribution in [2.24, 2.45) is 0 Å². The molecule has 0 atom stereocenters. The first kappa shape index (κ1) is 13.4. The van der Waals surface area contributed by atoms with E-state index in [1.807, 2.05) is 18.2 Å². The summed E-state index contributed by atoms with van der Waals surface area (Å²) in [5.41, 5.74) is 0.719. The van der Waals surface area contributed by atoms with Gasteiger partial charge in [-0.2, -0.15) is 0 Å². The lowest BCUT2D eigenvalue weighted by molar-refractivity contribution is 0.0695. The van der Waals surface area contributed by atoms with Gasteiger partial charge in [0.2, 0.25) is 11.6 Å². The summed E-state index contributed by atoms with van der Waals surface area (Å²) in [4.78, 5) is 15.9. The Morgan fingerprint density at radius 1 is 1.05 bits per heavy atom. The molecule has 0 N–H and O–H groups in total. The summed E-state index contributed by atoms with van der Waals surface area (Å²) in [5.74, 6) is 0.217. The molecular formula is C16H10ClNO3. The molecule has 0 saturated heterocycles. The smallest absolute Gasteiger partial charge is 0.380 e. The Bertz CT molecular complexity index is 768. The largest absolute Gasteiger partial charge is 0.449 e. The Kier molecular flexibility index (Phi) is 3.71. The molecule has 3 aromatic rings. The van der Waals surface area contributed by atoms with E-state index in [2.05, 4.69) is 4.98 Å². The number of hydrogen-bond acceptors (Lipinski definition) is 4. The van der Waals surface area contributed by atoms with E-state index in [-0.39, 0.29) is 11.6 Å². The van der Waals surface area contributed by atoms with Gasteiger partial charge in [0.05, 0.1) is 5.02 Å². The normalized spacial score (nSPS) is 10.3. The maximum atomic E-state index is 12.0. The van der Waals surface area contributed by atoms with Gasteiger partial charge in [0.25, 0.3) is 0 Å². The number of carbonyl (C=O) groups excluding carboxylic acids is 1. The van der Waals surface area contributed by atoms with Crippen molar-refractivity contribution in [1.82, 2.24) is 4.98 Å². The second-order valence-electron chi connectivity index (χ2n) is 4.20. The molecule has 0 radical (unpaired) electrons. The van der Waals surface area contributed by atoms with E-state index < -0.39 is 5.97 Å². The van der Waals surface area contributed by atoms with E-state index in [1.165, 1.54) is 0 Å². The van der Waals surface area contributed by atoms with Crippen molar-refractivity contribution in [3.63, 3.8) is 0 Å². The van der Waals surface area contributed by atoms with Gasteiger partial charge >= 0.3 is 5.97 Å². The fourth-order valence-electron chi connectivity index (χ4n) is 1.81. The van der Waals surface area contributed by atoms with E-state index in [4.69, 9.17) is 20.8 Å². The zero-order valence-electron chi connectivity index (χ0n) is 10.8. The number of benzene rings is 1. The molecule has 3 rings (SSSR count). The van der Waals surface area contributed by atoms with Crippen LogP contribution in [0.4, 0.5) is 0 Å². The van der Waals surface area contributed by atoms with Gasteiger partial charge < -0.3 is 9.15 Å². The molecule has 0 saturated carbocycles. The standard InChI is InChI=1S/C16H10ClNO3/c17-12-6-2-1-5-11(12)13-8-9-14(20-13)16(19)21-15-7-3-4-10-18-15/h1-10H. The number of ether oxygens (including phenoxy) is 1. The summed E-state index contributed by atoms with van der Waals surface area (Å²) < 4.78 is 10.6. The molecule has 0 amide bonds. The van der Waals surface area contributed by atoms with Gasteiger partial charge in [0.15, 0.2) is 0 Å². The van der Waals surface area contributed by atoms with Crippen LogP contribution in [0.15, 0.2) is 65.2 Å². The van der Waals surface area contributed by atoms with Crippen LogP contribution in [0.25, 0.3) is 11.3 Å². The molecule has 1 aromatic carbocycles. The molecule has 0 fully saturated rings. The van der Waals surface area contributed by atoms with Crippen molar-refractivity contribution in [1.29, 1.82) is 0 Å². The van der Waals surface area contributed by atoms with E-state index in [0.717, 1.165) is 5.56 Å². The predicted molar refractivity (Wildman–Crippen MR) is 78.3 cm³/mol. The third-order valence-corrected chi connectivity index (χ3v) is 3.11. The van der Waals surface area contributed by atoms with Gasteiger partial charge in [-0.1, -0.05) is 29.8 Å². The summed E-state index contributed by atoms with van der Waals surface area (Å²) >= 11 is 6.09. The minimum atomic E-state index is -0.605. The monoisotopic (exact) mass is 299 g/mol. The Labute approximate surface area is 126 Å². The zero-order chi connectivity index (χ0) is 14.7. The minimum Gasteiger partial charge on any atom is -0.449 e. The highest BCUT2D eigenvalue weighted by Gasteiger charge is 2.16. The van der Waals surface area contributed by atoms with Gasteiger partial charge in [0, 0.05) is 17.8 Å². The van der Waals surface area contributed by atoms with Crippen molar-refractivity contribution in [2.45, 2.75) is 0 Å². The highest BCUT2D eigenvalue weighted by atomic mass is 35.5. The molecule has 4 nitrogen and oxygen atoms in total. The molecule has 0 aliphatic carbocycles. The van der Waals surface area contributed by atoms with Crippen LogP contribution in [0.3, 0.4) is 0 Å². The lowest BCUT2D eigenvalue weighted by Crippen LogP contribution is -2.07. The van der Waals surface area contributed by atoms with Crippen LogP contribution in [0.1, 0.15) is 10.6 Å². The molecule has 0 aliphatic heterocycles. The van der Waals surface area contributed by atoms with E-state index in [0.29, 0.717) is 10.8 Å². The molecule has 2 aromatic heterocycles. The van der Waals surface area contributed by atoms with Gasteiger partial charge in [0.1, 0.15) is 5.76 Å². The number of nitrogens with zero attached hydrogens (tertiary/aromatic N) is 1. The lowest BCUT2D eigenvalue weighted by Gasteiger charge is -2.01. The Balaban J connectivity index is 1.82. The highest BCUT2D eigenvalue weighted by Crippen LogP contribution is 2.29. The van der Waals surface area contributed by atoms with Crippen molar-refractivity contribution < 1.29 is 13.9 Å². The van der Waals surface area contributed by atoms with Crippen molar-refractivity contribution >= 4 is 17.6 Å². The molecule has 104 valence electrons. The van der Waals surface area contributed by atoms with Crippen LogP contribution in [-0.2, 0) is 0 Å². The topological polar surface area (TPSA) is 52.3 Å². The number of pyridine rings is 1. The maximum absolute atomic E-state index is 12.0. The maximum Gasteiger partial charge on any atom is 0.380 e. The molecular weight excluding hydrogens is 290 g/mol. The number of hydrogen-bond donors (Lipinski definition) is 0. The third-order valence-electron chi connectivity index (χ3n) is 2.78. The third kappa shape index (κ3) is 2.95. The number of furan rings is 1. The number of aromatic nitrogens is 1. The Morgan fingerprint density at radius 3 is 2.62 bits per heavy atom. The van der Waals surface area contributed by atoms with E-state index in [9.17, 15) is 4.79 Å². The van der Waals surface area contributed by atoms with Crippen LogP contribution >= 0.6 is 11.6 Å². The van der Waals surface area contributed by atoms with E-state index in [1.54, 1.807) is 42.6 Å². The van der Waals surface area contributed by atoms with Crippen molar-refractivity contribution in [3.05, 3.63) is 71.6 Å². The van der Waals surface area contributed by atoms with Gasteiger partial charge in [-0.15, -0.1) is 0 Å². The fourth-order valence-corrected chi connectivity index (χ4v) is 2.03. The predicted octanol–water partition coefficient (Wildman–Crippen LogP) is 4.21. The number of halogens is 1. The van der Waals surface area contributed by atoms with Crippen LogP contribution in [0.2, 0.25) is 5.02 Å². The Morgan fingerprint density at radius 2 is 1.86 bits per heavy atom.